The average molecular weight is 590 g/mol. The van der Waals surface area contributed by atoms with Gasteiger partial charge in [-0.25, -0.2) is 9.78 Å². The van der Waals surface area contributed by atoms with Gasteiger partial charge < -0.3 is 40.8 Å². The molecule has 4 aromatic rings. The van der Waals surface area contributed by atoms with E-state index in [-0.39, 0.29) is 12.1 Å². The van der Waals surface area contributed by atoms with Gasteiger partial charge in [-0.3, -0.25) is 0 Å². The molecule has 0 saturated carbocycles. The van der Waals surface area contributed by atoms with Crippen molar-refractivity contribution in [3.8, 4) is 11.5 Å². The molecule has 1 atom stereocenters. The first kappa shape index (κ1) is 28.9. The summed E-state index contributed by atoms with van der Waals surface area (Å²) in [7, 11) is 3.17. The van der Waals surface area contributed by atoms with Crippen molar-refractivity contribution in [2.24, 2.45) is 0 Å². The van der Waals surface area contributed by atoms with Crippen LogP contribution in [0.15, 0.2) is 66.9 Å². The van der Waals surface area contributed by atoms with Gasteiger partial charge in [-0.05, 0) is 37.3 Å². The molecule has 1 aliphatic heterocycles. The summed E-state index contributed by atoms with van der Waals surface area (Å²) in [4.78, 5) is 21.3. The van der Waals surface area contributed by atoms with Gasteiger partial charge in [0.25, 0.3) is 0 Å². The number of hydrogen-bond donors (Lipinski definition) is 5. The zero-order chi connectivity index (χ0) is 29.5. The van der Waals surface area contributed by atoms with Crippen LogP contribution >= 0.6 is 11.6 Å². The lowest BCUT2D eigenvalue weighted by molar-refractivity contribution is 0.0263. The van der Waals surface area contributed by atoms with E-state index in [1.54, 1.807) is 25.3 Å². The molecule has 0 aliphatic carbocycles. The Hall–Kier alpha value is -4.58. The van der Waals surface area contributed by atoms with Gasteiger partial charge in [-0.15, -0.1) is 0 Å². The number of nitrogens with zero attached hydrogens (tertiary/aromatic N) is 2. The van der Waals surface area contributed by atoms with Gasteiger partial charge in [0.05, 0.1) is 38.8 Å². The Morgan fingerprint density at radius 3 is 2.40 bits per heavy atom. The highest BCUT2D eigenvalue weighted by Gasteiger charge is 2.20. The van der Waals surface area contributed by atoms with Crippen LogP contribution in [0, 0.1) is 6.92 Å². The lowest BCUT2D eigenvalue weighted by Crippen LogP contribution is -2.33. The lowest BCUT2D eigenvalue weighted by atomic mass is 10.1. The number of hydrogen-bond acceptors (Lipinski definition) is 9. The zero-order valence-corrected chi connectivity index (χ0v) is 24.2. The van der Waals surface area contributed by atoms with Gasteiger partial charge >= 0.3 is 6.03 Å². The third kappa shape index (κ3) is 7.19. The van der Waals surface area contributed by atoms with Gasteiger partial charge in [0, 0.05) is 47.8 Å². The highest BCUT2D eigenvalue weighted by molar-refractivity contribution is 6.32. The van der Waals surface area contributed by atoms with Crippen molar-refractivity contribution in [1.82, 2.24) is 15.3 Å². The molecule has 11 nitrogen and oxygen atoms in total. The quantitative estimate of drug-likeness (QED) is 0.154. The fourth-order valence-corrected chi connectivity index (χ4v) is 4.53. The van der Waals surface area contributed by atoms with Crippen LogP contribution in [-0.2, 0) is 4.74 Å². The number of aromatic nitrogens is 2. The van der Waals surface area contributed by atoms with Crippen LogP contribution in [0.4, 0.5) is 39.3 Å². The van der Waals surface area contributed by atoms with Crippen molar-refractivity contribution in [1.29, 1.82) is 0 Å². The number of morpholine rings is 1. The Labute approximate surface area is 249 Å². The van der Waals surface area contributed by atoms with E-state index in [1.165, 1.54) is 13.3 Å². The van der Waals surface area contributed by atoms with Gasteiger partial charge in [-0.2, -0.15) is 4.98 Å². The Bertz CT molecular complexity index is 1550. The number of halogens is 1. The minimum atomic E-state index is -0.369. The number of carbonyl (C=O) groups is 1. The Kier molecular flexibility index (Phi) is 9.22. The predicted molar refractivity (Wildman–Crippen MR) is 165 cm³/mol. The number of urea groups is 1. The molecule has 0 bridgehead atoms. The van der Waals surface area contributed by atoms with Gasteiger partial charge in [-0.1, -0.05) is 35.4 Å². The fourth-order valence-electron chi connectivity index (χ4n) is 4.39. The molecule has 0 spiro atoms. The summed E-state index contributed by atoms with van der Waals surface area (Å²) in [5.74, 6) is 1.88. The van der Waals surface area contributed by atoms with Crippen LogP contribution in [0.1, 0.15) is 17.2 Å². The second-order valence-electron chi connectivity index (χ2n) is 9.52. The first-order valence-electron chi connectivity index (χ1n) is 13.3. The number of ether oxygens (including phenoxy) is 3. The maximum atomic E-state index is 12.5. The van der Waals surface area contributed by atoms with Crippen molar-refractivity contribution in [3.63, 3.8) is 0 Å². The monoisotopic (exact) mass is 589 g/mol. The van der Waals surface area contributed by atoms with Crippen molar-refractivity contribution in [2.75, 3.05) is 55.2 Å². The van der Waals surface area contributed by atoms with Crippen LogP contribution in [-0.4, -0.2) is 49.9 Å². The van der Waals surface area contributed by atoms with E-state index in [2.05, 4.69) is 36.6 Å². The van der Waals surface area contributed by atoms with Gasteiger partial charge in [0.1, 0.15) is 16.5 Å². The van der Waals surface area contributed by atoms with Crippen LogP contribution in [0.25, 0.3) is 0 Å². The summed E-state index contributed by atoms with van der Waals surface area (Å²) in [5, 5.41) is 15.7. The van der Waals surface area contributed by atoms with Crippen LogP contribution in [0.2, 0.25) is 5.02 Å². The topological polar surface area (TPSA) is 131 Å². The molecule has 12 heteroatoms. The smallest absolute Gasteiger partial charge is 0.323 e. The second-order valence-corrected chi connectivity index (χ2v) is 9.93. The number of nitrogens with one attached hydrogen (secondary N) is 5. The number of methoxy groups -OCH3 is 2. The summed E-state index contributed by atoms with van der Waals surface area (Å²) in [6.45, 7) is 4.18. The average Bonchev–Trinajstić information content (AvgIpc) is 3.01. The maximum absolute atomic E-state index is 12.5. The Balaban J connectivity index is 1.27. The molecule has 0 radical (unpaired) electrons. The number of benzene rings is 3. The van der Waals surface area contributed by atoms with Crippen molar-refractivity contribution < 1.29 is 19.0 Å². The Morgan fingerprint density at radius 1 is 0.952 bits per heavy atom. The maximum Gasteiger partial charge on any atom is 0.323 e. The Morgan fingerprint density at radius 2 is 1.67 bits per heavy atom. The molecule has 5 rings (SSSR count). The normalized spacial score (nSPS) is 14.5. The van der Waals surface area contributed by atoms with Crippen LogP contribution in [0.5, 0.6) is 11.5 Å². The van der Waals surface area contributed by atoms with E-state index in [0.717, 1.165) is 29.9 Å². The number of carbonyl (C=O) groups excluding carboxylic acids is 1. The van der Waals surface area contributed by atoms with E-state index in [1.807, 2.05) is 49.4 Å². The third-order valence-electron chi connectivity index (χ3n) is 6.53. The zero-order valence-electron chi connectivity index (χ0n) is 23.5. The third-order valence-corrected chi connectivity index (χ3v) is 6.81. The molecular weight excluding hydrogens is 558 g/mol. The molecular formula is C30H32ClN7O4. The highest BCUT2D eigenvalue weighted by atomic mass is 35.5. The summed E-state index contributed by atoms with van der Waals surface area (Å²) in [6.07, 6.45) is 1.42. The summed E-state index contributed by atoms with van der Waals surface area (Å²) >= 11 is 6.42. The molecule has 1 fully saturated rings. The highest BCUT2D eigenvalue weighted by Crippen LogP contribution is 2.34. The van der Waals surface area contributed by atoms with Crippen LogP contribution in [0.3, 0.4) is 0 Å². The van der Waals surface area contributed by atoms with E-state index < -0.39 is 0 Å². The van der Waals surface area contributed by atoms with E-state index in [4.69, 9.17) is 25.8 Å². The molecule has 3 aromatic carbocycles. The summed E-state index contributed by atoms with van der Waals surface area (Å²) in [6, 6.07) is 18.1. The molecule has 2 amide bonds. The van der Waals surface area contributed by atoms with Gasteiger partial charge in [0.15, 0.2) is 5.82 Å². The van der Waals surface area contributed by atoms with E-state index >= 15 is 0 Å². The molecule has 1 aliphatic rings. The fraction of sp³-hybridized carbons (Fsp3) is 0.233. The molecule has 1 unspecified atom stereocenters. The molecule has 42 heavy (non-hydrogen) atoms. The number of amides is 2. The first-order valence-corrected chi connectivity index (χ1v) is 13.7. The minimum Gasteiger partial charge on any atom is -0.496 e. The predicted octanol–water partition coefficient (Wildman–Crippen LogP) is 6.25. The van der Waals surface area contributed by atoms with E-state index in [0.29, 0.717) is 52.0 Å². The van der Waals surface area contributed by atoms with E-state index in [9.17, 15) is 4.79 Å². The number of aryl methyl sites for hydroxylation is 1. The largest absolute Gasteiger partial charge is 0.496 e. The van der Waals surface area contributed by atoms with Crippen molar-refractivity contribution in [3.05, 3.63) is 83.0 Å². The lowest BCUT2D eigenvalue weighted by Gasteiger charge is -2.25. The second kappa shape index (κ2) is 13.4. The SMILES string of the molecule is COc1cc(NC(=O)Nc2ccc(C)cc2)ccc1Nc1ncc(Cl)c(Nc2ccc(C3CNCCO3)c(OC)c2)n1. The molecule has 1 aromatic heterocycles. The van der Waals surface area contributed by atoms with Gasteiger partial charge in [0.2, 0.25) is 5.95 Å². The minimum absolute atomic E-state index is 0.0830. The number of anilines is 6. The summed E-state index contributed by atoms with van der Waals surface area (Å²) < 4.78 is 17.1. The molecule has 5 N–H and O–H groups in total. The first-order chi connectivity index (χ1) is 20.4. The molecule has 1 saturated heterocycles. The molecule has 218 valence electrons. The number of rotatable bonds is 9. The van der Waals surface area contributed by atoms with Crippen LogP contribution < -0.4 is 36.1 Å². The van der Waals surface area contributed by atoms with Crippen molar-refractivity contribution >= 4 is 52.1 Å². The standard InChI is InChI=1S/C30H32ClN7O4/c1-18-4-6-19(7-5-18)35-30(39)36-21-9-11-24(26(15-21)41-3)37-29-33-16-23(31)28(38-29)34-20-8-10-22(25(14-20)40-2)27-17-32-12-13-42-27/h4-11,14-16,27,32H,12-13,17H2,1-3H3,(H2,35,36,39)(H2,33,34,37,38). The summed E-state index contributed by atoms with van der Waals surface area (Å²) in [5.41, 5.74) is 4.65. The molecule has 2 heterocycles. The van der Waals surface area contributed by atoms with Crippen molar-refractivity contribution in [2.45, 2.75) is 13.0 Å².